The number of thiazole rings is 1. The summed E-state index contributed by atoms with van der Waals surface area (Å²) in [5, 5.41) is 2.58. The van der Waals surface area contributed by atoms with E-state index in [1.165, 1.54) is 17.6 Å². The lowest BCUT2D eigenvalue weighted by Gasteiger charge is -2.15. The molecular formula is C9H12ClN3O4S2. The molecule has 1 fully saturated rings. The highest BCUT2D eigenvalue weighted by atomic mass is 35.5. The maximum absolute atomic E-state index is 12.2. The quantitative estimate of drug-likeness (QED) is 0.892. The van der Waals surface area contributed by atoms with Crippen LogP contribution in [0.25, 0.3) is 0 Å². The summed E-state index contributed by atoms with van der Waals surface area (Å²) in [5.74, 6) is 0. The molecular weight excluding hydrogens is 314 g/mol. The van der Waals surface area contributed by atoms with Crippen molar-refractivity contribution < 1.29 is 17.9 Å². The molecule has 1 aliphatic rings. The number of methoxy groups -OCH3 is 1. The van der Waals surface area contributed by atoms with Crippen LogP contribution in [-0.2, 0) is 14.8 Å². The lowest BCUT2D eigenvalue weighted by atomic mass is 10.3. The van der Waals surface area contributed by atoms with Crippen LogP contribution in [0.2, 0.25) is 4.47 Å². The Morgan fingerprint density at radius 2 is 2.42 bits per heavy atom. The lowest BCUT2D eigenvalue weighted by Crippen LogP contribution is -2.38. The first-order chi connectivity index (χ1) is 8.93. The van der Waals surface area contributed by atoms with Crippen molar-refractivity contribution in [1.29, 1.82) is 0 Å². The zero-order chi connectivity index (χ0) is 14.0. The molecule has 0 saturated carbocycles. The normalized spacial score (nSPS) is 20.4. The molecule has 1 amide bonds. The second-order valence-corrected chi connectivity index (χ2v) is 7.69. The Morgan fingerprint density at radius 3 is 3.00 bits per heavy atom. The summed E-state index contributed by atoms with van der Waals surface area (Å²) < 4.78 is 30.6. The first kappa shape index (κ1) is 14.5. The zero-order valence-corrected chi connectivity index (χ0v) is 12.4. The monoisotopic (exact) mass is 325 g/mol. The molecule has 1 unspecified atom stereocenters. The molecule has 19 heavy (non-hydrogen) atoms. The third kappa shape index (κ3) is 3.16. The summed E-state index contributed by atoms with van der Waals surface area (Å²) in [6, 6.07) is -0.245. The van der Waals surface area contributed by atoms with Crippen LogP contribution in [0.5, 0.6) is 0 Å². The summed E-state index contributed by atoms with van der Waals surface area (Å²) in [6.07, 6.45) is 1.22. The van der Waals surface area contributed by atoms with Gasteiger partial charge in [0.2, 0.25) is 0 Å². The Balaban J connectivity index is 2.06. The van der Waals surface area contributed by atoms with Crippen LogP contribution in [-0.4, -0.2) is 50.0 Å². The Bertz CT molecular complexity index is 574. The van der Waals surface area contributed by atoms with Crippen molar-refractivity contribution in [2.45, 2.75) is 16.7 Å². The number of nitrogens with one attached hydrogen (secondary N) is 1. The van der Waals surface area contributed by atoms with Gasteiger partial charge in [0.05, 0.1) is 13.3 Å². The predicted molar refractivity (Wildman–Crippen MR) is 69.8 cm³/mol. The predicted octanol–water partition coefficient (Wildman–Crippen LogP) is 0.916. The molecule has 1 saturated heterocycles. The van der Waals surface area contributed by atoms with E-state index in [4.69, 9.17) is 11.6 Å². The van der Waals surface area contributed by atoms with Gasteiger partial charge >= 0.3 is 6.09 Å². The molecule has 1 aromatic rings. The number of carbonyl (C=O) groups is 1. The Labute approximate surface area is 119 Å². The van der Waals surface area contributed by atoms with Gasteiger partial charge in [-0.25, -0.2) is 18.2 Å². The van der Waals surface area contributed by atoms with Crippen LogP contribution < -0.4 is 5.32 Å². The highest BCUT2D eigenvalue weighted by Gasteiger charge is 2.34. The summed E-state index contributed by atoms with van der Waals surface area (Å²) in [5.41, 5.74) is 0. The van der Waals surface area contributed by atoms with Crippen LogP contribution >= 0.6 is 22.9 Å². The average molecular weight is 326 g/mol. The van der Waals surface area contributed by atoms with Gasteiger partial charge in [0.25, 0.3) is 10.0 Å². The van der Waals surface area contributed by atoms with Crippen LogP contribution in [0.4, 0.5) is 4.79 Å². The standard InChI is InChI=1S/C9H12ClN3O4S2/c1-17-9(14)12-6-2-3-13(5-6)19(15,16)7-4-11-8(10)18-7/h4,6H,2-3,5H2,1H3,(H,12,14). The van der Waals surface area contributed by atoms with E-state index in [-0.39, 0.29) is 21.3 Å². The van der Waals surface area contributed by atoms with E-state index in [0.717, 1.165) is 11.3 Å². The maximum Gasteiger partial charge on any atom is 0.407 e. The van der Waals surface area contributed by atoms with E-state index in [0.29, 0.717) is 13.0 Å². The fraction of sp³-hybridized carbons (Fsp3) is 0.556. The largest absolute Gasteiger partial charge is 0.453 e. The summed E-state index contributed by atoms with van der Waals surface area (Å²) in [6.45, 7) is 0.555. The number of nitrogens with zero attached hydrogens (tertiary/aromatic N) is 2. The number of carbonyl (C=O) groups excluding carboxylic acids is 1. The van der Waals surface area contributed by atoms with Crippen molar-refractivity contribution in [3.05, 3.63) is 10.7 Å². The number of ether oxygens (including phenoxy) is 1. The van der Waals surface area contributed by atoms with Crippen LogP contribution in [0.15, 0.2) is 10.4 Å². The van der Waals surface area contributed by atoms with E-state index < -0.39 is 16.1 Å². The molecule has 1 atom stereocenters. The van der Waals surface area contributed by atoms with Gasteiger partial charge in [0.15, 0.2) is 8.68 Å². The molecule has 106 valence electrons. The zero-order valence-electron chi connectivity index (χ0n) is 10.00. The number of amides is 1. The third-order valence-electron chi connectivity index (χ3n) is 2.71. The maximum atomic E-state index is 12.2. The lowest BCUT2D eigenvalue weighted by molar-refractivity contribution is 0.167. The number of hydrogen-bond donors (Lipinski definition) is 1. The van der Waals surface area contributed by atoms with Crippen LogP contribution in [0, 0.1) is 0 Å². The number of sulfonamides is 1. The highest BCUT2D eigenvalue weighted by Crippen LogP contribution is 2.27. The first-order valence-electron chi connectivity index (χ1n) is 5.39. The van der Waals surface area contributed by atoms with Gasteiger partial charge < -0.3 is 10.1 Å². The van der Waals surface area contributed by atoms with Gasteiger partial charge in [0.1, 0.15) is 0 Å². The van der Waals surface area contributed by atoms with Crippen molar-refractivity contribution in [1.82, 2.24) is 14.6 Å². The van der Waals surface area contributed by atoms with E-state index in [2.05, 4.69) is 15.0 Å². The first-order valence-corrected chi connectivity index (χ1v) is 8.03. The average Bonchev–Trinajstić information content (AvgIpc) is 2.98. The van der Waals surface area contributed by atoms with Crippen molar-refractivity contribution in [2.24, 2.45) is 0 Å². The SMILES string of the molecule is COC(=O)NC1CCN(S(=O)(=O)c2cnc(Cl)s2)C1. The van der Waals surface area contributed by atoms with Gasteiger partial charge in [-0.15, -0.1) is 0 Å². The molecule has 0 aliphatic carbocycles. The van der Waals surface area contributed by atoms with Crippen LogP contribution in [0.3, 0.4) is 0 Å². The molecule has 1 aromatic heterocycles. The Kier molecular flexibility index (Phi) is 4.29. The fourth-order valence-corrected chi connectivity index (χ4v) is 4.72. The van der Waals surface area contributed by atoms with E-state index in [1.54, 1.807) is 0 Å². The minimum atomic E-state index is -3.58. The van der Waals surface area contributed by atoms with Gasteiger partial charge in [-0.2, -0.15) is 4.31 Å². The number of hydrogen-bond acceptors (Lipinski definition) is 6. The Morgan fingerprint density at radius 1 is 1.68 bits per heavy atom. The molecule has 10 heteroatoms. The third-order valence-corrected chi connectivity index (χ3v) is 6.13. The number of alkyl carbamates (subject to hydrolysis) is 1. The molecule has 0 spiro atoms. The molecule has 1 N–H and O–H groups in total. The summed E-state index contributed by atoms with van der Waals surface area (Å²) in [7, 11) is -2.32. The molecule has 7 nitrogen and oxygen atoms in total. The van der Waals surface area contributed by atoms with E-state index >= 15 is 0 Å². The van der Waals surface area contributed by atoms with Gasteiger partial charge in [0, 0.05) is 19.1 Å². The minimum Gasteiger partial charge on any atom is -0.453 e. The van der Waals surface area contributed by atoms with Crippen molar-refractivity contribution >= 4 is 39.1 Å². The van der Waals surface area contributed by atoms with Gasteiger partial charge in [-0.1, -0.05) is 22.9 Å². The number of halogens is 1. The second kappa shape index (κ2) is 5.61. The highest BCUT2D eigenvalue weighted by molar-refractivity contribution is 7.91. The van der Waals surface area contributed by atoms with Gasteiger partial charge in [-0.3, -0.25) is 0 Å². The second-order valence-electron chi connectivity index (χ2n) is 3.92. The number of aromatic nitrogens is 1. The molecule has 2 heterocycles. The molecule has 0 aromatic carbocycles. The number of rotatable bonds is 3. The topological polar surface area (TPSA) is 88.6 Å². The Hall–Kier alpha value is -0.900. The van der Waals surface area contributed by atoms with Gasteiger partial charge in [-0.05, 0) is 6.42 Å². The van der Waals surface area contributed by atoms with Crippen molar-refractivity contribution in [3.63, 3.8) is 0 Å². The van der Waals surface area contributed by atoms with Crippen molar-refractivity contribution in [3.8, 4) is 0 Å². The minimum absolute atomic E-state index is 0.108. The molecule has 0 radical (unpaired) electrons. The van der Waals surface area contributed by atoms with E-state index in [1.807, 2.05) is 0 Å². The van der Waals surface area contributed by atoms with Crippen LogP contribution in [0.1, 0.15) is 6.42 Å². The van der Waals surface area contributed by atoms with E-state index in [9.17, 15) is 13.2 Å². The summed E-state index contributed by atoms with van der Waals surface area (Å²) >= 11 is 6.55. The summed E-state index contributed by atoms with van der Waals surface area (Å²) in [4.78, 5) is 14.8. The van der Waals surface area contributed by atoms with Crippen molar-refractivity contribution in [2.75, 3.05) is 20.2 Å². The molecule has 1 aliphatic heterocycles. The molecule has 0 bridgehead atoms. The molecule has 2 rings (SSSR count). The smallest absolute Gasteiger partial charge is 0.407 e. The fourth-order valence-electron chi connectivity index (χ4n) is 1.78.